The number of thioether (sulfide) groups is 2. The molecule has 0 aliphatic carbocycles. The number of ether oxygens (including phenoxy) is 1. The van der Waals surface area contributed by atoms with Crippen LogP contribution in [0.4, 0.5) is 0 Å². The normalized spacial score (nSPS) is 13.1. The molecule has 0 heterocycles. The summed E-state index contributed by atoms with van der Waals surface area (Å²) in [4.78, 5) is 11.8. The molecule has 1 unspecified atom stereocenters. The second-order valence-electron chi connectivity index (χ2n) is 5.39. The summed E-state index contributed by atoms with van der Waals surface area (Å²) in [6, 6.07) is 0. The van der Waals surface area contributed by atoms with Crippen LogP contribution in [-0.4, -0.2) is 59.3 Å². The highest BCUT2D eigenvalue weighted by Gasteiger charge is 2.18. The molecule has 1 atom stereocenters. The van der Waals surface area contributed by atoms with E-state index in [2.05, 4.69) is 28.1 Å². The van der Waals surface area contributed by atoms with Crippen molar-refractivity contribution in [1.29, 1.82) is 0 Å². The van der Waals surface area contributed by atoms with Crippen molar-refractivity contribution in [2.75, 3.05) is 40.0 Å². The van der Waals surface area contributed by atoms with Gasteiger partial charge in [-0.1, -0.05) is 37.3 Å². The summed E-state index contributed by atoms with van der Waals surface area (Å²) < 4.78 is 6.89. The Hall–Kier alpha value is 0.220. The van der Waals surface area contributed by atoms with Crippen molar-refractivity contribution in [2.24, 2.45) is 0 Å². The van der Waals surface area contributed by atoms with E-state index in [9.17, 15) is 4.79 Å². The van der Waals surface area contributed by atoms with Crippen LogP contribution in [-0.2, 0) is 9.53 Å². The second-order valence-corrected chi connectivity index (χ2v) is 9.03. The average Bonchev–Trinajstić information content (AvgIpc) is 2.27. The van der Waals surface area contributed by atoms with E-state index in [-0.39, 0.29) is 11.2 Å². The molecule has 0 aliphatic rings. The summed E-state index contributed by atoms with van der Waals surface area (Å²) in [5.41, 5.74) is 0. The van der Waals surface area contributed by atoms with Gasteiger partial charge < -0.3 is 9.22 Å². The summed E-state index contributed by atoms with van der Waals surface area (Å²) >= 11 is 8.34. The van der Waals surface area contributed by atoms with Gasteiger partial charge in [-0.25, -0.2) is 0 Å². The van der Waals surface area contributed by atoms with Crippen LogP contribution in [0.3, 0.4) is 0 Å². The van der Waals surface area contributed by atoms with E-state index in [1.807, 2.05) is 6.92 Å². The number of likely N-dealkylation sites (N-methyl/N-ethyl adjacent to an activating group) is 1. The van der Waals surface area contributed by atoms with Crippen LogP contribution >= 0.6 is 35.7 Å². The molecule has 0 bridgehead atoms. The number of thiocarbonyl (C=S) groups is 1. The van der Waals surface area contributed by atoms with Crippen molar-refractivity contribution in [3.8, 4) is 0 Å². The van der Waals surface area contributed by atoms with Crippen molar-refractivity contribution in [1.82, 2.24) is 0 Å². The first-order chi connectivity index (χ1) is 8.76. The lowest BCUT2D eigenvalue weighted by atomic mass is 10.4. The Bertz CT molecular complexity index is 290. The van der Waals surface area contributed by atoms with Crippen LogP contribution in [0.2, 0.25) is 0 Å². The third kappa shape index (κ3) is 11.7. The molecular weight excluding hydrogens is 298 g/mol. The van der Waals surface area contributed by atoms with Gasteiger partial charge in [-0.15, -0.1) is 11.8 Å². The van der Waals surface area contributed by atoms with Crippen molar-refractivity contribution in [3.05, 3.63) is 0 Å². The highest BCUT2D eigenvalue weighted by atomic mass is 32.2. The minimum absolute atomic E-state index is 0.170. The number of hydrogen-bond donors (Lipinski definition) is 0. The topological polar surface area (TPSA) is 26.3 Å². The van der Waals surface area contributed by atoms with Crippen molar-refractivity contribution in [3.63, 3.8) is 0 Å². The Balaban J connectivity index is 3.84. The number of unbranched alkanes of at least 4 members (excludes halogenated alkanes) is 1. The van der Waals surface area contributed by atoms with E-state index >= 15 is 0 Å². The van der Waals surface area contributed by atoms with Crippen molar-refractivity contribution in [2.45, 2.75) is 31.9 Å². The maximum Gasteiger partial charge on any atom is 0.319 e. The van der Waals surface area contributed by atoms with E-state index < -0.39 is 0 Å². The molecule has 0 fully saturated rings. The first-order valence-corrected chi connectivity index (χ1v) is 8.84. The van der Waals surface area contributed by atoms with Gasteiger partial charge in [-0.2, -0.15) is 0 Å². The Kier molecular flexibility index (Phi) is 10.1. The summed E-state index contributed by atoms with van der Waals surface area (Å²) in [6.07, 6.45) is 2.33. The maximum atomic E-state index is 11.8. The first-order valence-electron chi connectivity index (χ1n) is 6.56. The summed E-state index contributed by atoms with van der Waals surface area (Å²) in [7, 11) is 6.22. The number of nitrogens with zero attached hydrogens (tertiary/aromatic N) is 1. The third-order valence-corrected chi connectivity index (χ3v) is 5.08. The van der Waals surface area contributed by atoms with E-state index in [0.717, 1.165) is 26.7 Å². The highest BCUT2D eigenvalue weighted by Crippen LogP contribution is 2.23. The first kappa shape index (κ1) is 19.2. The number of hydrogen-bond acceptors (Lipinski definition) is 5. The van der Waals surface area contributed by atoms with E-state index in [0.29, 0.717) is 6.61 Å². The average molecular weight is 325 g/mol. The fourth-order valence-corrected chi connectivity index (χ4v) is 3.75. The molecule has 0 radical (unpaired) electrons. The second kappa shape index (κ2) is 10.0. The van der Waals surface area contributed by atoms with Gasteiger partial charge in [0.25, 0.3) is 0 Å². The zero-order valence-corrected chi connectivity index (χ0v) is 15.1. The summed E-state index contributed by atoms with van der Waals surface area (Å²) in [5, 5.41) is -0.214. The van der Waals surface area contributed by atoms with Crippen LogP contribution in [0.5, 0.6) is 0 Å². The zero-order chi connectivity index (χ0) is 14.9. The molecule has 0 aromatic carbocycles. The van der Waals surface area contributed by atoms with Crippen LogP contribution in [0.1, 0.15) is 26.7 Å². The van der Waals surface area contributed by atoms with Gasteiger partial charge in [0.1, 0.15) is 21.9 Å². The fourth-order valence-electron chi connectivity index (χ4n) is 1.06. The third-order valence-electron chi connectivity index (χ3n) is 2.33. The number of carbonyl (C=O) groups is 1. The lowest BCUT2D eigenvalue weighted by Crippen LogP contribution is -2.38. The van der Waals surface area contributed by atoms with Crippen LogP contribution < -0.4 is 0 Å². The molecule has 0 spiro atoms. The molecule has 0 aliphatic heterocycles. The molecule has 6 heteroatoms. The van der Waals surface area contributed by atoms with Gasteiger partial charge in [0, 0.05) is 0 Å². The molecule has 0 aromatic heterocycles. The smallest absolute Gasteiger partial charge is 0.319 e. The molecule has 0 amide bonds. The molecule has 0 rings (SSSR count). The van der Waals surface area contributed by atoms with Crippen molar-refractivity contribution < 1.29 is 14.0 Å². The van der Waals surface area contributed by atoms with Gasteiger partial charge in [-0.3, -0.25) is 4.79 Å². The quantitative estimate of drug-likeness (QED) is 0.296. The summed E-state index contributed by atoms with van der Waals surface area (Å²) in [6.45, 7) is 5.29. The number of carbonyl (C=O) groups excluding carboxylic acids is 1. The number of quaternary nitrogens is 1. The van der Waals surface area contributed by atoms with Gasteiger partial charge in [0.2, 0.25) is 0 Å². The molecule has 0 aromatic rings. The molecular formula is C13H26NO2S3+. The molecule has 112 valence electrons. The lowest BCUT2D eigenvalue weighted by Gasteiger charge is -2.23. The van der Waals surface area contributed by atoms with Crippen LogP contribution in [0, 0.1) is 0 Å². The maximum absolute atomic E-state index is 11.8. The number of esters is 1. The Morgan fingerprint density at radius 2 is 2.00 bits per heavy atom. The van der Waals surface area contributed by atoms with Gasteiger partial charge in [-0.05, 0) is 19.1 Å². The fraction of sp³-hybridized carbons (Fsp3) is 0.846. The van der Waals surface area contributed by atoms with Crippen LogP contribution in [0.15, 0.2) is 0 Å². The van der Waals surface area contributed by atoms with Gasteiger partial charge in [0.05, 0.1) is 21.1 Å². The van der Waals surface area contributed by atoms with Crippen LogP contribution in [0.25, 0.3) is 0 Å². The Morgan fingerprint density at radius 1 is 1.37 bits per heavy atom. The minimum Gasteiger partial charge on any atom is -0.459 e. The van der Waals surface area contributed by atoms with E-state index in [1.54, 1.807) is 11.8 Å². The predicted molar refractivity (Wildman–Crippen MR) is 90.9 cm³/mol. The standard InChI is InChI=1S/C13H26NO2S3/c1-6-7-10-18-13(17)19-11(2)12(15)16-9-8-14(3,4)5/h11H,6-10H2,1-5H3/q+1. The summed E-state index contributed by atoms with van der Waals surface area (Å²) in [5.74, 6) is 0.864. The highest BCUT2D eigenvalue weighted by molar-refractivity contribution is 8.47. The van der Waals surface area contributed by atoms with Crippen molar-refractivity contribution >= 4 is 45.2 Å². The molecule has 0 saturated carbocycles. The largest absolute Gasteiger partial charge is 0.459 e. The Morgan fingerprint density at radius 3 is 2.53 bits per heavy atom. The Labute approximate surface area is 131 Å². The molecule has 0 saturated heterocycles. The molecule has 19 heavy (non-hydrogen) atoms. The van der Waals surface area contributed by atoms with Gasteiger partial charge >= 0.3 is 5.97 Å². The molecule has 3 nitrogen and oxygen atoms in total. The lowest BCUT2D eigenvalue weighted by molar-refractivity contribution is -0.870. The van der Waals surface area contributed by atoms with Gasteiger partial charge in [0.15, 0.2) is 0 Å². The van der Waals surface area contributed by atoms with E-state index in [4.69, 9.17) is 17.0 Å². The molecule has 0 N–H and O–H groups in total. The zero-order valence-electron chi connectivity index (χ0n) is 12.6. The number of rotatable bonds is 8. The van der Waals surface area contributed by atoms with E-state index in [1.165, 1.54) is 18.2 Å². The SMILES string of the molecule is CCCCSC(=S)SC(C)C(=O)OCC[N+](C)(C)C. The minimum atomic E-state index is -0.214. The predicted octanol–water partition coefficient (Wildman–Crippen LogP) is 3.18. The monoisotopic (exact) mass is 324 g/mol.